The van der Waals surface area contributed by atoms with Gasteiger partial charge in [-0.1, -0.05) is 48.5 Å². The van der Waals surface area contributed by atoms with Crippen molar-refractivity contribution in [1.82, 2.24) is 29.2 Å². The Morgan fingerprint density at radius 2 is 1.59 bits per heavy atom. The smallest absolute Gasteiger partial charge is 0.265 e. The summed E-state index contributed by atoms with van der Waals surface area (Å²) in [7, 11) is 0. The molecule has 0 amide bonds. The van der Waals surface area contributed by atoms with Crippen molar-refractivity contribution in [3.05, 3.63) is 107 Å². The summed E-state index contributed by atoms with van der Waals surface area (Å²) >= 11 is 0. The lowest BCUT2D eigenvalue weighted by molar-refractivity contribution is 0.661. The second-order valence-electron chi connectivity index (χ2n) is 7.87. The van der Waals surface area contributed by atoms with E-state index in [-0.39, 0.29) is 5.56 Å². The number of pyridine rings is 1. The van der Waals surface area contributed by atoms with Gasteiger partial charge in [0.15, 0.2) is 11.3 Å². The van der Waals surface area contributed by atoms with Gasteiger partial charge in [-0.05, 0) is 36.2 Å². The van der Waals surface area contributed by atoms with Gasteiger partial charge in [0.05, 0.1) is 29.3 Å². The molecule has 0 unspecified atom stereocenters. The number of hydrogen-bond acceptors (Lipinski definition) is 6. The molecule has 0 bridgehead atoms. The third-order valence-electron chi connectivity index (χ3n) is 5.69. The first-order valence-electron chi connectivity index (χ1n) is 10.9. The summed E-state index contributed by atoms with van der Waals surface area (Å²) in [6, 6.07) is 23.2. The number of benzene rings is 2. The maximum absolute atomic E-state index is 13.6. The highest BCUT2D eigenvalue weighted by molar-refractivity contribution is 6.04. The Kier molecular flexibility index (Phi) is 4.88. The molecule has 6 aromatic rings. The Balaban J connectivity index is 1.55. The van der Waals surface area contributed by atoms with E-state index in [9.17, 15) is 4.79 Å². The second-order valence-corrected chi connectivity index (χ2v) is 7.87. The monoisotopic (exact) mass is 445 g/mol. The van der Waals surface area contributed by atoms with E-state index in [0.717, 1.165) is 17.5 Å². The van der Waals surface area contributed by atoms with E-state index in [4.69, 9.17) is 9.97 Å². The fraction of sp³-hybridized carbons (Fsp3) is 0.0769. The maximum atomic E-state index is 13.6. The van der Waals surface area contributed by atoms with Crippen LogP contribution in [0.5, 0.6) is 0 Å². The van der Waals surface area contributed by atoms with Crippen LogP contribution in [0.25, 0.3) is 33.2 Å². The summed E-state index contributed by atoms with van der Waals surface area (Å²) in [6.07, 6.45) is 5.61. The molecule has 6 rings (SSSR count). The Morgan fingerprint density at radius 1 is 0.824 bits per heavy atom. The van der Waals surface area contributed by atoms with Crippen LogP contribution in [-0.4, -0.2) is 35.4 Å². The largest absolute Gasteiger partial charge is 0.298 e. The van der Waals surface area contributed by atoms with E-state index in [1.165, 1.54) is 0 Å². The van der Waals surface area contributed by atoms with Crippen molar-refractivity contribution >= 4 is 39.4 Å². The number of nitrogens with zero attached hydrogens (tertiary/aromatic N) is 7. The first-order valence-corrected chi connectivity index (χ1v) is 10.9. The molecule has 0 aliphatic rings. The van der Waals surface area contributed by atoms with Crippen LogP contribution in [0.15, 0.2) is 95.2 Å². The fourth-order valence-electron chi connectivity index (χ4n) is 3.99. The highest BCUT2D eigenvalue weighted by Crippen LogP contribution is 2.24. The zero-order valence-corrected chi connectivity index (χ0v) is 18.1. The average molecular weight is 445 g/mol. The minimum absolute atomic E-state index is 0.165. The van der Waals surface area contributed by atoms with Gasteiger partial charge < -0.3 is 0 Å². The van der Waals surface area contributed by atoms with Crippen molar-refractivity contribution in [3.8, 4) is 0 Å². The normalized spacial score (nSPS) is 11.8. The average Bonchev–Trinajstić information content (AvgIpc) is 3.20. The molecule has 8 nitrogen and oxygen atoms in total. The Hall–Kier alpha value is -4.72. The van der Waals surface area contributed by atoms with Gasteiger partial charge >= 0.3 is 0 Å². The zero-order chi connectivity index (χ0) is 22.9. The van der Waals surface area contributed by atoms with Crippen LogP contribution in [-0.2, 0) is 13.0 Å². The lowest BCUT2D eigenvalue weighted by Crippen LogP contribution is -2.21. The predicted molar refractivity (Wildman–Crippen MR) is 132 cm³/mol. The van der Waals surface area contributed by atoms with Crippen LogP contribution in [0.1, 0.15) is 11.3 Å². The van der Waals surface area contributed by atoms with E-state index >= 15 is 0 Å². The Bertz CT molecular complexity index is 1720. The molecule has 0 aliphatic carbocycles. The first kappa shape index (κ1) is 19.9. The Labute approximate surface area is 193 Å². The van der Waals surface area contributed by atoms with Crippen molar-refractivity contribution in [3.63, 3.8) is 0 Å². The van der Waals surface area contributed by atoms with Crippen LogP contribution in [0, 0.1) is 0 Å². The third-order valence-corrected chi connectivity index (χ3v) is 5.69. The molecule has 8 heteroatoms. The lowest BCUT2D eigenvalue weighted by Gasteiger charge is -2.05. The minimum Gasteiger partial charge on any atom is -0.298 e. The minimum atomic E-state index is -0.165. The van der Waals surface area contributed by atoms with Crippen molar-refractivity contribution < 1.29 is 0 Å². The molecule has 34 heavy (non-hydrogen) atoms. The topological polar surface area (TPSA) is 90.8 Å². The molecule has 4 aromatic heterocycles. The molecule has 4 heterocycles. The van der Waals surface area contributed by atoms with Gasteiger partial charge in [-0.15, -0.1) is 0 Å². The van der Waals surface area contributed by atoms with Gasteiger partial charge in [-0.2, -0.15) is 9.78 Å². The Morgan fingerprint density at radius 3 is 2.38 bits per heavy atom. The van der Waals surface area contributed by atoms with Crippen LogP contribution in [0.3, 0.4) is 0 Å². The number of rotatable bonds is 5. The van der Waals surface area contributed by atoms with E-state index in [1.54, 1.807) is 28.0 Å². The number of aromatic nitrogens is 6. The summed E-state index contributed by atoms with van der Waals surface area (Å²) in [5.41, 5.74) is 4.48. The van der Waals surface area contributed by atoms with Crippen molar-refractivity contribution in [1.29, 1.82) is 0 Å². The molecule has 164 valence electrons. The number of hydrogen-bond donors (Lipinski definition) is 0. The van der Waals surface area contributed by atoms with Gasteiger partial charge in [-0.3, -0.25) is 14.3 Å². The van der Waals surface area contributed by atoms with Crippen LogP contribution < -0.4 is 5.56 Å². The number of para-hydroxylation sites is 2. The highest BCUT2D eigenvalue weighted by Gasteiger charge is 2.19. The van der Waals surface area contributed by atoms with E-state index < -0.39 is 0 Å². The second kappa shape index (κ2) is 8.32. The van der Waals surface area contributed by atoms with E-state index in [2.05, 4.69) is 15.1 Å². The summed E-state index contributed by atoms with van der Waals surface area (Å²) < 4.78 is 3.19. The van der Waals surface area contributed by atoms with Crippen LogP contribution in [0.4, 0.5) is 0 Å². The highest BCUT2D eigenvalue weighted by atomic mass is 16.1. The lowest BCUT2D eigenvalue weighted by atomic mass is 10.1. The molecule has 0 fully saturated rings. The molecule has 0 N–H and O–H groups in total. The molecule has 0 spiro atoms. The third kappa shape index (κ3) is 3.51. The van der Waals surface area contributed by atoms with Gasteiger partial charge in [0.1, 0.15) is 10.9 Å². The van der Waals surface area contributed by atoms with E-state index in [0.29, 0.717) is 40.0 Å². The first-order chi connectivity index (χ1) is 16.8. The fourth-order valence-corrected chi connectivity index (χ4v) is 3.99. The SMILES string of the molecule is O=c1c2c3nc4ccccc4nc3n(/N=C\c3ccccn3)c2ncn1CCc1ccccc1. The molecule has 0 saturated carbocycles. The number of fused-ring (bicyclic) bond motifs is 4. The van der Waals surface area contributed by atoms with Crippen LogP contribution in [0.2, 0.25) is 0 Å². The molecule has 0 aliphatic heterocycles. The molecule has 2 aromatic carbocycles. The quantitative estimate of drug-likeness (QED) is 0.376. The molecular weight excluding hydrogens is 426 g/mol. The molecule has 0 radical (unpaired) electrons. The number of aryl methyl sites for hydroxylation is 2. The summed E-state index contributed by atoms with van der Waals surface area (Å²) in [5, 5.41) is 4.98. The summed E-state index contributed by atoms with van der Waals surface area (Å²) in [4.78, 5) is 32.0. The zero-order valence-electron chi connectivity index (χ0n) is 18.1. The molecule has 0 saturated heterocycles. The molecular formula is C26H19N7O. The summed E-state index contributed by atoms with van der Waals surface area (Å²) in [6.45, 7) is 0.511. The maximum Gasteiger partial charge on any atom is 0.265 e. The van der Waals surface area contributed by atoms with Gasteiger partial charge in [0.2, 0.25) is 0 Å². The van der Waals surface area contributed by atoms with E-state index in [1.807, 2.05) is 72.8 Å². The van der Waals surface area contributed by atoms with Gasteiger partial charge in [0.25, 0.3) is 5.56 Å². The van der Waals surface area contributed by atoms with Gasteiger partial charge in [0, 0.05) is 12.7 Å². The summed E-state index contributed by atoms with van der Waals surface area (Å²) in [5.74, 6) is 0. The van der Waals surface area contributed by atoms with Crippen molar-refractivity contribution in [2.75, 3.05) is 0 Å². The van der Waals surface area contributed by atoms with Crippen molar-refractivity contribution in [2.24, 2.45) is 5.10 Å². The molecule has 0 atom stereocenters. The van der Waals surface area contributed by atoms with Gasteiger partial charge in [-0.25, -0.2) is 15.0 Å². The van der Waals surface area contributed by atoms with Crippen molar-refractivity contribution in [2.45, 2.75) is 13.0 Å². The van der Waals surface area contributed by atoms with Crippen LogP contribution >= 0.6 is 0 Å². The predicted octanol–water partition coefficient (Wildman–Crippen LogP) is 3.81. The standard InChI is InChI=1S/C26H19N7O/c34-26-22-23-25(31-21-12-5-4-11-20(21)30-23)33(29-16-19-10-6-7-14-27-19)24(22)28-17-32(26)15-13-18-8-2-1-3-9-18/h1-12,14,16-17H,13,15H2/b29-16-.